The third-order valence-electron chi connectivity index (χ3n) is 2.08. The van der Waals surface area contributed by atoms with E-state index in [-0.39, 0.29) is 0 Å². The molecule has 0 fully saturated rings. The van der Waals surface area contributed by atoms with Crippen LogP contribution in [0.5, 0.6) is 0 Å². The van der Waals surface area contributed by atoms with Crippen LogP contribution in [0.1, 0.15) is 21.6 Å². The van der Waals surface area contributed by atoms with Crippen molar-refractivity contribution in [2.75, 3.05) is 0 Å². The molecule has 2 aromatic rings. The van der Waals surface area contributed by atoms with E-state index in [1.54, 1.807) is 18.6 Å². The molecule has 0 atom stereocenters. The summed E-state index contributed by atoms with van der Waals surface area (Å²) in [6.07, 6.45) is 7.96. The molecule has 1 aromatic carbocycles. The maximum Gasteiger partial charge on any atom is 0.150 e. The van der Waals surface area contributed by atoms with E-state index in [4.69, 9.17) is 0 Å². The van der Waals surface area contributed by atoms with Crippen LogP contribution in [-0.4, -0.2) is 16.3 Å². The fourth-order valence-electron chi connectivity index (χ4n) is 1.31. The molecule has 0 radical (unpaired) electrons. The Morgan fingerprint density at radius 3 is 2.60 bits per heavy atom. The van der Waals surface area contributed by atoms with Crippen molar-refractivity contribution in [2.24, 2.45) is 0 Å². The van der Waals surface area contributed by atoms with Crippen molar-refractivity contribution in [2.45, 2.75) is 0 Å². The minimum absolute atomic E-state index is 0.688. The van der Waals surface area contributed by atoms with Gasteiger partial charge in [-0.25, -0.2) is 4.98 Å². The van der Waals surface area contributed by atoms with Crippen LogP contribution in [0.15, 0.2) is 36.8 Å². The van der Waals surface area contributed by atoms with Gasteiger partial charge in [-0.1, -0.05) is 30.3 Å². The highest BCUT2D eigenvalue weighted by Crippen LogP contribution is 2.10. The van der Waals surface area contributed by atoms with E-state index < -0.39 is 0 Å². The molecule has 0 saturated carbocycles. The number of hydrogen-bond donors (Lipinski definition) is 1. The van der Waals surface area contributed by atoms with Crippen LogP contribution in [0.25, 0.3) is 12.2 Å². The summed E-state index contributed by atoms with van der Waals surface area (Å²) in [5.74, 6) is 0. The molecule has 2 rings (SSSR count). The van der Waals surface area contributed by atoms with Gasteiger partial charge < -0.3 is 4.98 Å². The van der Waals surface area contributed by atoms with Gasteiger partial charge in [0, 0.05) is 5.56 Å². The molecule has 3 heteroatoms. The molecule has 0 saturated heterocycles. The molecule has 15 heavy (non-hydrogen) atoms. The largest absolute Gasteiger partial charge is 0.345 e. The number of carbonyl (C=O) groups is 1. The van der Waals surface area contributed by atoms with Crippen LogP contribution in [0, 0.1) is 0 Å². The fraction of sp³-hybridized carbons (Fsp3) is 0. The molecule has 0 aliphatic carbocycles. The van der Waals surface area contributed by atoms with Gasteiger partial charge in [0.2, 0.25) is 0 Å². The molecular weight excluding hydrogens is 188 g/mol. The third-order valence-corrected chi connectivity index (χ3v) is 2.08. The Bertz CT molecular complexity index is 472. The number of imidazole rings is 1. The lowest BCUT2D eigenvalue weighted by Crippen LogP contribution is -1.83. The van der Waals surface area contributed by atoms with Gasteiger partial charge in [0.25, 0.3) is 0 Å². The summed E-state index contributed by atoms with van der Waals surface area (Å²) in [5.41, 5.74) is 2.51. The number of rotatable bonds is 3. The normalized spacial score (nSPS) is 10.7. The van der Waals surface area contributed by atoms with Gasteiger partial charge in [-0.3, -0.25) is 4.79 Å². The molecule has 3 nitrogen and oxygen atoms in total. The van der Waals surface area contributed by atoms with Crippen molar-refractivity contribution in [3.05, 3.63) is 53.6 Å². The first-order valence-electron chi connectivity index (χ1n) is 4.61. The van der Waals surface area contributed by atoms with Crippen molar-refractivity contribution in [1.82, 2.24) is 9.97 Å². The van der Waals surface area contributed by atoms with Crippen LogP contribution < -0.4 is 0 Å². The van der Waals surface area contributed by atoms with Gasteiger partial charge >= 0.3 is 0 Å². The predicted octanol–water partition coefficient (Wildman–Crippen LogP) is 2.39. The smallest absolute Gasteiger partial charge is 0.150 e. The number of carbonyl (C=O) groups excluding carboxylic acids is 1. The van der Waals surface area contributed by atoms with Gasteiger partial charge in [0.15, 0.2) is 6.29 Å². The lowest BCUT2D eigenvalue weighted by molar-refractivity contribution is 0.112. The number of nitrogens with one attached hydrogen (secondary N) is 1. The second-order valence-electron chi connectivity index (χ2n) is 3.09. The summed E-state index contributed by atoms with van der Waals surface area (Å²) in [7, 11) is 0. The number of aromatic nitrogens is 2. The zero-order valence-electron chi connectivity index (χ0n) is 8.05. The van der Waals surface area contributed by atoms with Crippen LogP contribution in [0.3, 0.4) is 0 Å². The molecular formula is C12H10N2O. The van der Waals surface area contributed by atoms with Crippen LogP contribution in [0.2, 0.25) is 0 Å². The van der Waals surface area contributed by atoms with E-state index in [1.807, 2.05) is 30.4 Å². The summed E-state index contributed by atoms with van der Waals surface area (Å²) in [4.78, 5) is 17.6. The minimum atomic E-state index is 0.688. The lowest BCUT2D eigenvalue weighted by Gasteiger charge is -1.96. The summed E-state index contributed by atoms with van der Waals surface area (Å²) in [6, 6.07) is 7.44. The molecule has 0 bridgehead atoms. The molecule has 0 aliphatic heterocycles. The molecule has 74 valence electrons. The Balaban J connectivity index is 2.27. The molecule has 1 aromatic heterocycles. The molecule has 0 aliphatic rings. The quantitative estimate of drug-likeness (QED) is 0.769. The Labute approximate surface area is 87.5 Å². The van der Waals surface area contributed by atoms with Crippen molar-refractivity contribution < 1.29 is 4.79 Å². The fourth-order valence-corrected chi connectivity index (χ4v) is 1.31. The van der Waals surface area contributed by atoms with Gasteiger partial charge in [-0.2, -0.15) is 0 Å². The first-order valence-corrected chi connectivity index (χ1v) is 4.61. The Hall–Kier alpha value is -2.16. The van der Waals surface area contributed by atoms with E-state index in [0.29, 0.717) is 5.56 Å². The standard InChI is InChI=1S/C12H10N2O/c15-8-11-4-2-1-3-10(11)5-6-12-7-13-9-14-12/h1-9H,(H,13,14). The predicted molar refractivity (Wildman–Crippen MR) is 59.3 cm³/mol. The second-order valence-corrected chi connectivity index (χ2v) is 3.09. The first-order chi connectivity index (χ1) is 7.40. The Morgan fingerprint density at radius 1 is 1.13 bits per heavy atom. The molecule has 0 spiro atoms. The SMILES string of the molecule is O=Cc1ccccc1C=Cc1cnc[nH]1. The molecule has 1 heterocycles. The molecule has 0 amide bonds. The summed E-state index contributed by atoms with van der Waals surface area (Å²) in [5, 5.41) is 0. The highest BCUT2D eigenvalue weighted by molar-refractivity contribution is 5.84. The van der Waals surface area contributed by atoms with Crippen molar-refractivity contribution >= 4 is 18.4 Å². The van der Waals surface area contributed by atoms with E-state index in [9.17, 15) is 4.79 Å². The Kier molecular flexibility index (Phi) is 2.74. The van der Waals surface area contributed by atoms with E-state index in [2.05, 4.69) is 9.97 Å². The summed E-state index contributed by atoms with van der Waals surface area (Å²) >= 11 is 0. The van der Waals surface area contributed by atoms with Crippen LogP contribution in [-0.2, 0) is 0 Å². The summed E-state index contributed by atoms with van der Waals surface area (Å²) < 4.78 is 0. The maximum absolute atomic E-state index is 10.7. The number of aldehydes is 1. The van der Waals surface area contributed by atoms with E-state index >= 15 is 0 Å². The van der Waals surface area contributed by atoms with Gasteiger partial charge in [-0.15, -0.1) is 0 Å². The highest BCUT2D eigenvalue weighted by Gasteiger charge is 1.95. The average Bonchev–Trinajstić information content (AvgIpc) is 2.79. The third kappa shape index (κ3) is 2.20. The topological polar surface area (TPSA) is 45.8 Å². The minimum Gasteiger partial charge on any atom is -0.345 e. The van der Waals surface area contributed by atoms with Crippen molar-refractivity contribution in [1.29, 1.82) is 0 Å². The van der Waals surface area contributed by atoms with E-state index in [0.717, 1.165) is 17.5 Å². The van der Waals surface area contributed by atoms with Gasteiger partial charge in [-0.05, 0) is 11.6 Å². The Morgan fingerprint density at radius 2 is 1.93 bits per heavy atom. The van der Waals surface area contributed by atoms with E-state index in [1.165, 1.54) is 0 Å². The van der Waals surface area contributed by atoms with Crippen LogP contribution >= 0.6 is 0 Å². The zero-order valence-corrected chi connectivity index (χ0v) is 8.05. The number of H-pyrrole nitrogens is 1. The number of benzene rings is 1. The van der Waals surface area contributed by atoms with Crippen LogP contribution in [0.4, 0.5) is 0 Å². The van der Waals surface area contributed by atoms with Gasteiger partial charge in [0.05, 0.1) is 18.2 Å². The summed E-state index contributed by atoms with van der Waals surface area (Å²) in [6.45, 7) is 0. The van der Waals surface area contributed by atoms with Crippen molar-refractivity contribution in [3.8, 4) is 0 Å². The lowest BCUT2D eigenvalue weighted by atomic mass is 10.1. The zero-order chi connectivity index (χ0) is 10.5. The number of aromatic amines is 1. The number of nitrogens with zero attached hydrogens (tertiary/aromatic N) is 1. The highest BCUT2D eigenvalue weighted by atomic mass is 16.1. The van der Waals surface area contributed by atoms with Crippen molar-refractivity contribution in [3.63, 3.8) is 0 Å². The molecule has 1 N–H and O–H groups in total. The number of hydrogen-bond acceptors (Lipinski definition) is 2. The average molecular weight is 198 g/mol. The first kappa shape index (κ1) is 9.40. The molecule has 0 unspecified atom stereocenters. The second kappa shape index (κ2) is 4.37. The van der Waals surface area contributed by atoms with Gasteiger partial charge in [0.1, 0.15) is 0 Å². The maximum atomic E-state index is 10.7. The monoisotopic (exact) mass is 198 g/mol.